The van der Waals surface area contributed by atoms with E-state index in [-0.39, 0.29) is 11.9 Å². The van der Waals surface area contributed by atoms with E-state index in [4.69, 9.17) is 0 Å². The van der Waals surface area contributed by atoms with E-state index in [9.17, 15) is 14.4 Å². The summed E-state index contributed by atoms with van der Waals surface area (Å²) in [6.07, 6.45) is 2.86. The molecule has 0 bridgehead atoms. The molecule has 1 fully saturated rings. The highest BCUT2D eigenvalue weighted by Gasteiger charge is 2.29. The van der Waals surface area contributed by atoms with Crippen molar-refractivity contribution in [1.29, 1.82) is 0 Å². The summed E-state index contributed by atoms with van der Waals surface area (Å²) >= 11 is 0. The van der Waals surface area contributed by atoms with Crippen molar-refractivity contribution in [3.8, 4) is 0 Å². The van der Waals surface area contributed by atoms with Crippen LogP contribution in [0, 0.1) is 0 Å². The summed E-state index contributed by atoms with van der Waals surface area (Å²) in [6, 6.07) is 16.5. The molecule has 1 aliphatic rings. The quantitative estimate of drug-likeness (QED) is 0.543. The van der Waals surface area contributed by atoms with Crippen LogP contribution >= 0.6 is 0 Å². The predicted molar refractivity (Wildman–Crippen MR) is 106 cm³/mol. The van der Waals surface area contributed by atoms with E-state index in [2.05, 4.69) is 10.3 Å². The topological polar surface area (TPSA) is 82.3 Å². The molecular weight excluding hydrogens is 354 g/mol. The first kappa shape index (κ1) is 18.0. The Morgan fingerprint density at radius 3 is 2.36 bits per heavy atom. The fourth-order valence-corrected chi connectivity index (χ4v) is 3.60. The summed E-state index contributed by atoms with van der Waals surface area (Å²) in [4.78, 5) is 42.2. The minimum Gasteiger partial charge on any atom is -0.360 e. The zero-order chi connectivity index (χ0) is 19.5. The van der Waals surface area contributed by atoms with Crippen molar-refractivity contribution < 1.29 is 14.4 Å². The van der Waals surface area contributed by atoms with Crippen LogP contribution in [0.25, 0.3) is 10.9 Å². The molecule has 4 rings (SSSR count). The number of ketones is 1. The monoisotopic (exact) mass is 375 g/mol. The van der Waals surface area contributed by atoms with Crippen molar-refractivity contribution in [2.24, 2.45) is 0 Å². The lowest BCUT2D eigenvalue weighted by molar-refractivity contribution is -0.127. The van der Waals surface area contributed by atoms with Crippen LogP contribution in [0.4, 0.5) is 0 Å². The third-order valence-corrected chi connectivity index (χ3v) is 5.18. The molecule has 0 saturated carbocycles. The Kier molecular flexibility index (Phi) is 4.93. The maximum absolute atomic E-state index is 12.7. The van der Waals surface area contributed by atoms with Crippen LogP contribution < -0.4 is 5.32 Å². The highest BCUT2D eigenvalue weighted by atomic mass is 16.2. The number of nitrogens with one attached hydrogen (secondary N) is 2. The molecule has 1 aromatic heterocycles. The first-order valence-corrected chi connectivity index (χ1v) is 9.39. The summed E-state index contributed by atoms with van der Waals surface area (Å²) in [5.41, 5.74) is 1.86. The van der Waals surface area contributed by atoms with Gasteiger partial charge in [0.2, 0.25) is 0 Å². The van der Waals surface area contributed by atoms with Gasteiger partial charge in [-0.1, -0.05) is 36.4 Å². The van der Waals surface area contributed by atoms with E-state index in [0.29, 0.717) is 37.1 Å². The van der Waals surface area contributed by atoms with E-state index in [1.165, 1.54) is 0 Å². The van der Waals surface area contributed by atoms with Gasteiger partial charge in [0.05, 0.1) is 5.56 Å². The van der Waals surface area contributed by atoms with Gasteiger partial charge in [-0.25, -0.2) is 0 Å². The number of amides is 2. The number of rotatable bonds is 4. The Morgan fingerprint density at radius 2 is 1.61 bits per heavy atom. The number of fused-ring (bicyclic) bond motifs is 1. The summed E-state index contributed by atoms with van der Waals surface area (Å²) in [6.45, 7) is 0.902. The van der Waals surface area contributed by atoms with Gasteiger partial charge in [-0.15, -0.1) is 0 Å². The molecule has 142 valence electrons. The lowest BCUT2D eigenvalue weighted by atomic mass is 10.0. The Morgan fingerprint density at radius 1 is 0.929 bits per heavy atom. The molecule has 1 aliphatic heterocycles. The average Bonchev–Trinajstić information content (AvgIpc) is 3.18. The van der Waals surface area contributed by atoms with Gasteiger partial charge in [0, 0.05) is 41.8 Å². The highest BCUT2D eigenvalue weighted by Crippen LogP contribution is 2.20. The van der Waals surface area contributed by atoms with Gasteiger partial charge < -0.3 is 15.2 Å². The number of carbonyl (C=O) groups excluding carboxylic acids is 3. The molecule has 0 aliphatic carbocycles. The molecule has 1 saturated heterocycles. The molecule has 3 aromatic rings. The van der Waals surface area contributed by atoms with Crippen LogP contribution in [0.1, 0.15) is 33.6 Å². The fraction of sp³-hybridized carbons (Fsp3) is 0.227. The van der Waals surface area contributed by atoms with Gasteiger partial charge in [0.15, 0.2) is 0 Å². The van der Waals surface area contributed by atoms with Gasteiger partial charge in [-0.3, -0.25) is 14.4 Å². The number of carbonyl (C=O) groups is 3. The number of hydrogen-bond donors (Lipinski definition) is 2. The Bertz CT molecular complexity index is 1020. The zero-order valence-electron chi connectivity index (χ0n) is 15.4. The number of benzene rings is 2. The number of Topliss-reactive ketones (excluding diaryl/α,β-unsaturated/α-hetero) is 1. The Hall–Kier alpha value is -3.41. The number of hydrogen-bond acceptors (Lipinski definition) is 3. The van der Waals surface area contributed by atoms with Crippen LogP contribution in [0.3, 0.4) is 0 Å². The van der Waals surface area contributed by atoms with Crippen molar-refractivity contribution in [3.05, 3.63) is 71.9 Å². The predicted octanol–water partition coefficient (Wildman–Crippen LogP) is 2.77. The fourth-order valence-electron chi connectivity index (χ4n) is 3.60. The lowest BCUT2D eigenvalue weighted by Gasteiger charge is -2.32. The van der Waals surface area contributed by atoms with E-state index in [1.54, 1.807) is 23.2 Å². The van der Waals surface area contributed by atoms with Crippen LogP contribution in [0.2, 0.25) is 0 Å². The molecule has 0 atom stereocenters. The van der Waals surface area contributed by atoms with Crippen molar-refractivity contribution in [2.45, 2.75) is 18.9 Å². The Labute approximate surface area is 162 Å². The van der Waals surface area contributed by atoms with Crippen LogP contribution in [-0.4, -0.2) is 46.6 Å². The molecular formula is C22H21N3O3. The van der Waals surface area contributed by atoms with E-state index in [0.717, 1.165) is 10.9 Å². The van der Waals surface area contributed by atoms with Gasteiger partial charge in [-0.05, 0) is 31.0 Å². The number of aromatic amines is 1. The lowest BCUT2D eigenvalue weighted by Crippen LogP contribution is -2.48. The van der Waals surface area contributed by atoms with E-state index >= 15 is 0 Å². The summed E-state index contributed by atoms with van der Waals surface area (Å²) in [5.74, 6) is -1.10. The maximum atomic E-state index is 12.7. The normalized spacial score (nSPS) is 14.8. The van der Waals surface area contributed by atoms with Gasteiger partial charge in [-0.2, -0.15) is 0 Å². The number of nitrogens with zero attached hydrogens (tertiary/aromatic N) is 1. The third-order valence-electron chi connectivity index (χ3n) is 5.18. The molecule has 28 heavy (non-hydrogen) atoms. The molecule has 0 unspecified atom stereocenters. The molecule has 6 heteroatoms. The second kappa shape index (κ2) is 7.68. The largest absolute Gasteiger partial charge is 0.360 e. The van der Waals surface area contributed by atoms with Gasteiger partial charge >= 0.3 is 0 Å². The summed E-state index contributed by atoms with van der Waals surface area (Å²) in [7, 11) is 0. The highest BCUT2D eigenvalue weighted by molar-refractivity contribution is 6.44. The number of piperidine rings is 1. The van der Waals surface area contributed by atoms with Crippen molar-refractivity contribution in [1.82, 2.24) is 15.2 Å². The molecule has 0 radical (unpaired) electrons. The van der Waals surface area contributed by atoms with Gasteiger partial charge in [0.1, 0.15) is 0 Å². The van der Waals surface area contributed by atoms with Crippen molar-refractivity contribution in [3.63, 3.8) is 0 Å². The maximum Gasteiger partial charge on any atom is 0.295 e. The average molecular weight is 375 g/mol. The number of aromatic nitrogens is 1. The molecule has 0 spiro atoms. The SMILES string of the molecule is O=C(NC1CCN(C(=O)C(=O)c2c[nH]c3ccccc23)CC1)c1ccccc1. The molecule has 2 N–H and O–H groups in total. The molecule has 2 heterocycles. The van der Waals surface area contributed by atoms with E-state index < -0.39 is 11.7 Å². The second-order valence-corrected chi connectivity index (χ2v) is 6.98. The smallest absolute Gasteiger partial charge is 0.295 e. The van der Waals surface area contributed by atoms with Crippen molar-refractivity contribution in [2.75, 3.05) is 13.1 Å². The number of likely N-dealkylation sites (tertiary alicyclic amines) is 1. The minimum absolute atomic E-state index is 0.0000491. The van der Waals surface area contributed by atoms with Gasteiger partial charge in [0.25, 0.3) is 17.6 Å². The number of H-pyrrole nitrogens is 1. The van der Waals surface area contributed by atoms with Crippen LogP contribution in [0.5, 0.6) is 0 Å². The standard InChI is InChI=1S/C22H21N3O3/c26-20(18-14-23-19-9-5-4-8-17(18)19)22(28)25-12-10-16(11-13-25)24-21(27)15-6-2-1-3-7-15/h1-9,14,16,23H,10-13H2,(H,24,27). The summed E-state index contributed by atoms with van der Waals surface area (Å²) < 4.78 is 0. The van der Waals surface area contributed by atoms with E-state index in [1.807, 2.05) is 42.5 Å². The van der Waals surface area contributed by atoms with Crippen LogP contribution in [0.15, 0.2) is 60.8 Å². The second-order valence-electron chi connectivity index (χ2n) is 6.98. The van der Waals surface area contributed by atoms with Crippen molar-refractivity contribution >= 4 is 28.5 Å². The number of para-hydroxylation sites is 1. The zero-order valence-corrected chi connectivity index (χ0v) is 15.4. The third kappa shape index (κ3) is 3.53. The summed E-state index contributed by atoms with van der Waals surface area (Å²) in [5, 5.41) is 3.76. The molecule has 2 amide bonds. The Balaban J connectivity index is 1.36. The van der Waals surface area contributed by atoms with Crippen LogP contribution in [-0.2, 0) is 4.79 Å². The first-order chi connectivity index (χ1) is 13.6. The molecule has 6 nitrogen and oxygen atoms in total. The molecule has 2 aromatic carbocycles. The first-order valence-electron chi connectivity index (χ1n) is 9.39. The minimum atomic E-state index is -0.496.